The molecule has 0 atom stereocenters. The molecule has 2 aliphatic rings. The predicted octanol–water partition coefficient (Wildman–Crippen LogP) is 0.466. The quantitative estimate of drug-likeness (QED) is 0.800. The Labute approximate surface area is 121 Å². The molecule has 2 aliphatic heterocycles. The lowest BCUT2D eigenvalue weighted by Crippen LogP contribution is -2.44. The minimum atomic E-state index is 0.816. The number of pyridine rings is 1. The van der Waals surface area contributed by atoms with E-state index in [2.05, 4.69) is 39.0 Å². The van der Waals surface area contributed by atoms with Gasteiger partial charge in [-0.1, -0.05) is 0 Å². The molecule has 0 unspecified atom stereocenters. The van der Waals surface area contributed by atoms with Crippen molar-refractivity contribution in [3.63, 3.8) is 0 Å². The maximum atomic E-state index is 5.44. The molecule has 20 heavy (non-hydrogen) atoms. The van der Waals surface area contributed by atoms with Crippen molar-refractivity contribution >= 4 is 5.69 Å². The molecule has 0 aliphatic carbocycles. The van der Waals surface area contributed by atoms with Crippen molar-refractivity contribution in [3.8, 4) is 0 Å². The highest BCUT2D eigenvalue weighted by molar-refractivity contribution is 5.52. The van der Waals surface area contributed by atoms with Gasteiger partial charge in [-0.05, 0) is 13.1 Å². The number of rotatable bonds is 3. The van der Waals surface area contributed by atoms with Crippen molar-refractivity contribution in [1.29, 1.82) is 0 Å². The number of hydrogen-bond donors (Lipinski definition) is 0. The van der Waals surface area contributed by atoms with E-state index in [4.69, 9.17) is 4.74 Å². The van der Waals surface area contributed by atoms with Crippen LogP contribution in [0, 0.1) is 6.20 Å². The van der Waals surface area contributed by atoms with E-state index >= 15 is 0 Å². The van der Waals surface area contributed by atoms with E-state index in [0.717, 1.165) is 59.0 Å². The summed E-state index contributed by atoms with van der Waals surface area (Å²) in [5.74, 6) is 0. The van der Waals surface area contributed by atoms with Crippen LogP contribution >= 0.6 is 0 Å². The van der Waals surface area contributed by atoms with Crippen LogP contribution in [0.3, 0.4) is 0 Å². The normalized spacial score (nSPS) is 22.1. The highest BCUT2D eigenvalue weighted by Gasteiger charge is 2.19. The molecule has 1 radical (unpaired) electrons. The lowest BCUT2D eigenvalue weighted by atomic mass is 10.1. The Morgan fingerprint density at radius 3 is 2.65 bits per heavy atom. The second-order valence-corrected chi connectivity index (χ2v) is 5.60. The van der Waals surface area contributed by atoms with E-state index in [1.807, 2.05) is 6.20 Å². The van der Waals surface area contributed by atoms with Gasteiger partial charge in [-0.25, -0.2) is 0 Å². The van der Waals surface area contributed by atoms with Crippen LogP contribution < -0.4 is 4.90 Å². The molecule has 0 N–H and O–H groups in total. The number of hydrogen-bond acceptors (Lipinski definition) is 5. The molecule has 0 spiro atoms. The average molecular weight is 275 g/mol. The molecular formula is C15H23N4O. The van der Waals surface area contributed by atoms with Gasteiger partial charge in [-0.3, -0.25) is 9.88 Å². The Kier molecular flexibility index (Phi) is 4.50. The van der Waals surface area contributed by atoms with Crippen molar-refractivity contribution in [1.82, 2.24) is 14.8 Å². The smallest absolute Gasteiger partial charge is 0.0955 e. The number of aromatic nitrogens is 1. The van der Waals surface area contributed by atoms with Gasteiger partial charge in [-0.2, -0.15) is 0 Å². The Hall–Kier alpha value is -1.17. The Morgan fingerprint density at radius 2 is 1.90 bits per heavy atom. The zero-order chi connectivity index (χ0) is 13.8. The lowest BCUT2D eigenvalue weighted by molar-refractivity contribution is 0.122. The summed E-state index contributed by atoms with van der Waals surface area (Å²) in [6, 6.07) is 2.12. The van der Waals surface area contributed by atoms with Gasteiger partial charge in [0.25, 0.3) is 0 Å². The number of nitrogens with zero attached hydrogens (tertiary/aromatic N) is 4. The molecule has 5 heteroatoms. The van der Waals surface area contributed by atoms with E-state index in [0.29, 0.717) is 0 Å². The van der Waals surface area contributed by atoms with Crippen LogP contribution in [-0.2, 0) is 11.3 Å². The first-order valence-corrected chi connectivity index (χ1v) is 7.42. The Bertz CT molecular complexity index is 426. The first-order chi connectivity index (χ1) is 9.83. The molecule has 1 aromatic rings. The highest BCUT2D eigenvalue weighted by atomic mass is 16.5. The number of anilines is 1. The zero-order valence-corrected chi connectivity index (χ0v) is 12.2. The largest absolute Gasteiger partial charge is 0.378 e. The van der Waals surface area contributed by atoms with Crippen molar-refractivity contribution in [2.45, 2.75) is 6.54 Å². The number of morpholine rings is 1. The lowest BCUT2D eigenvalue weighted by Gasteiger charge is -2.34. The second kappa shape index (κ2) is 6.52. The second-order valence-electron chi connectivity index (χ2n) is 5.60. The molecule has 0 aromatic carbocycles. The van der Waals surface area contributed by atoms with Crippen molar-refractivity contribution in [2.75, 3.05) is 64.4 Å². The molecule has 109 valence electrons. The van der Waals surface area contributed by atoms with Crippen molar-refractivity contribution in [2.24, 2.45) is 0 Å². The van der Waals surface area contributed by atoms with Gasteiger partial charge in [-0.15, -0.1) is 0 Å². The number of likely N-dealkylation sites (N-methyl/N-ethyl adjacent to an activating group) is 1. The van der Waals surface area contributed by atoms with E-state index in [1.54, 1.807) is 0 Å². The topological polar surface area (TPSA) is 31.8 Å². The van der Waals surface area contributed by atoms with Crippen LogP contribution in [0.1, 0.15) is 5.56 Å². The van der Waals surface area contributed by atoms with Gasteiger partial charge in [0.1, 0.15) is 0 Å². The molecule has 0 amide bonds. The third kappa shape index (κ3) is 3.29. The average Bonchev–Trinajstić information content (AvgIpc) is 2.51. The SMILES string of the molecule is CN1CCN(Cc2[c]nccc2N2CCOCC2)CC1. The Morgan fingerprint density at radius 1 is 1.15 bits per heavy atom. The third-order valence-electron chi connectivity index (χ3n) is 4.15. The molecule has 0 saturated carbocycles. The summed E-state index contributed by atoms with van der Waals surface area (Å²) >= 11 is 0. The summed E-state index contributed by atoms with van der Waals surface area (Å²) in [5, 5.41) is 0. The van der Waals surface area contributed by atoms with Crippen LogP contribution in [0.25, 0.3) is 0 Å². The fraction of sp³-hybridized carbons (Fsp3) is 0.667. The van der Waals surface area contributed by atoms with Crippen LogP contribution in [0.15, 0.2) is 12.3 Å². The molecule has 3 rings (SSSR count). The number of ether oxygens (including phenoxy) is 1. The monoisotopic (exact) mass is 275 g/mol. The summed E-state index contributed by atoms with van der Waals surface area (Å²) < 4.78 is 5.44. The molecule has 3 heterocycles. The van der Waals surface area contributed by atoms with Crippen molar-refractivity contribution in [3.05, 3.63) is 24.0 Å². The molecule has 2 saturated heterocycles. The van der Waals surface area contributed by atoms with Gasteiger partial charge in [0.2, 0.25) is 0 Å². The Balaban J connectivity index is 1.69. The summed E-state index contributed by atoms with van der Waals surface area (Å²) in [6.07, 6.45) is 5.05. The zero-order valence-electron chi connectivity index (χ0n) is 12.2. The van der Waals surface area contributed by atoms with Gasteiger partial charge < -0.3 is 14.5 Å². The molecular weight excluding hydrogens is 252 g/mol. The predicted molar refractivity (Wildman–Crippen MR) is 78.9 cm³/mol. The molecule has 2 fully saturated rings. The van der Waals surface area contributed by atoms with Crippen LogP contribution in [0.2, 0.25) is 0 Å². The summed E-state index contributed by atoms with van der Waals surface area (Å²) in [6.45, 7) is 9.06. The highest BCUT2D eigenvalue weighted by Crippen LogP contribution is 2.22. The van der Waals surface area contributed by atoms with Crippen LogP contribution in [0.4, 0.5) is 5.69 Å². The van der Waals surface area contributed by atoms with Crippen LogP contribution in [-0.4, -0.2) is 74.3 Å². The fourth-order valence-corrected chi connectivity index (χ4v) is 2.83. The number of piperazine rings is 1. The third-order valence-corrected chi connectivity index (χ3v) is 4.15. The van der Waals surface area contributed by atoms with E-state index in [-0.39, 0.29) is 0 Å². The van der Waals surface area contributed by atoms with Gasteiger partial charge in [0, 0.05) is 63.3 Å². The van der Waals surface area contributed by atoms with Crippen molar-refractivity contribution < 1.29 is 4.74 Å². The molecule has 1 aromatic heterocycles. The van der Waals surface area contributed by atoms with Gasteiger partial charge in [0.05, 0.1) is 19.4 Å². The standard InChI is InChI=1S/C15H23N4O/c1-17-4-6-18(7-5-17)13-14-12-16-3-2-15(14)19-8-10-20-11-9-19/h2-3H,4-11,13H2,1H3. The van der Waals surface area contributed by atoms with Gasteiger partial charge in [0.15, 0.2) is 0 Å². The van der Waals surface area contributed by atoms with E-state index in [9.17, 15) is 0 Å². The summed E-state index contributed by atoms with van der Waals surface area (Å²) in [4.78, 5) is 11.5. The summed E-state index contributed by atoms with van der Waals surface area (Å²) in [7, 11) is 2.19. The first-order valence-electron chi connectivity index (χ1n) is 7.42. The van der Waals surface area contributed by atoms with E-state index < -0.39 is 0 Å². The van der Waals surface area contributed by atoms with Gasteiger partial charge >= 0.3 is 0 Å². The van der Waals surface area contributed by atoms with E-state index in [1.165, 1.54) is 11.3 Å². The maximum absolute atomic E-state index is 5.44. The van der Waals surface area contributed by atoms with Crippen LogP contribution in [0.5, 0.6) is 0 Å². The first kappa shape index (κ1) is 13.8. The molecule has 5 nitrogen and oxygen atoms in total. The maximum Gasteiger partial charge on any atom is 0.0955 e. The fourth-order valence-electron chi connectivity index (χ4n) is 2.83. The summed E-state index contributed by atoms with van der Waals surface area (Å²) in [5.41, 5.74) is 2.50. The minimum absolute atomic E-state index is 0.816. The minimum Gasteiger partial charge on any atom is -0.378 e. The molecule has 0 bridgehead atoms.